The zero-order chi connectivity index (χ0) is 21.6. The predicted octanol–water partition coefficient (Wildman–Crippen LogP) is 2.56. The van der Waals surface area contributed by atoms with Crippen molar-refractivity contribution in [2.24, 2.45) is 0 Å². The van der Waals surface area contributed by atoms with Gasteiger partial charge in [-0.1, -0.05) is 0 Å². The molecule has 0 aromatic heterocycles. The Morgan fingerprint density at radius 3 is 2.40 bits per heavy atom. The first kappa shape index (κ1) is 22.2. The van der Waals surface area contributed by atoms with Gasteiger partial charge in [0.15, 0.2) is 0 Å². The van der Waals surface area contributed by atoms with E-state index in [0.29, 0.717) is 51.3 Å². The van der Waals surface area contributed by atoms with E-state index in [1.807, 2.05) is 0 Å². The zero-order valence-electron chi connectivity index (χ0n) is 16.9. The van der Waals surface area contributed by atoms with E-state index in [-0.39, 0.29) is 10.8 Å². The molecule has 0 spiro atoms. The largest absolute Gasteiger partial charge is 0.497 e. The molecular weight excluding hydrogens is 409 g/mol. The molecule has 0 atom stereocenters. The van der Waals surface area contributed by atoms with Crippen LogP contribution in [0.25, 0.3) is 0 Å². The van der Waals surface area contributed by atoms with E-state index in [1.54, 1.807) is 31.4 Å². The van der Waals surface area contributed by atoms with Gasteiger partial charge in [0, 0.05) is 38.3 Å². The number of amides is 1. The van der Waals surface area contributed by atoms with Gasteiger partial charge >= 0.3 is 0 Å². The van der Waals surface area contributed by atoms with Crippen molar-refractivity contribution in [3.05, 3.63) is 54.3 Å². The molecule has 2 aromatic rings. The minimum atomic E-state index is -3.65. The highest BCUT2D eigenvalue weighted by Crippen LogP contribution is 2.19. The molecule has 2 aromatic carbocycles. The number of nitrogens with zero attached hydrogens (tertiary/aromatic N) is 2. The molecule has 1 aliphatic rings. The molecule has 1 fully saturated rings. The molecule has 30 heavy (non-hydrogen) atoms. The summed E-state index contributed by atoms with van der Waals surface area (Å²) in [6.45, 7) is 2.53. The second-order valence-electron chi connectivity index (χ2n) is 7.08. The molecule has 9 heteroatoms. The summed E-state index contributed by atoms with van der Waals surface area (Å²) in [6.07, 6.45) is 0.983. The Labute approximate surface area is 176 Å². The summed E-state index contributed by atoms with van der Waals surface area (Å²) in [5, 5.41) is 2.85. The number of hydrogen-bond donors (Lipinski definition) is 1. The summed E-state index contributed by atoms with van der Waals surface area (Å²) in [6, 6.07) is 12.0. The second kappa shape index (κ2) is 10.0. The van der Waals surface area contributed by atoms with E-state index in [1.165, 1.54) is 16.4 Å². The number of rotatable bonds is 7. The lowest BCUT2D eigenvalue weighted by Gasteiger charge is -2.21. The summed E-state index contributed by atoms with van der Waals surface area (Å²) in [7, 11) is -2.07. The third-order valence-electron chi connectivity index (χ3n) is 5.03. The van der Waals surface area contributed by atoms with Crippen molar-refractivity contribution < 1.29 is 22.3 Å². The van der Waals surface area contributed by atoms with Gasteiger partial charge in [0.1, 0.15) is 11.6 Å². The maximum absolute atomic E-state index is 13.1. The molecule has 7 nitrogen and oxygen atoms in total. The Morgan fingerprint density at radius 2 is 1.73 bits per heavy atom. The van der Waals surface area contributed by atoms with Crippen LogP contribution in [-0.2, 0) is 14.8 Å². The highest BCUT2D eigenvalue weighted by molar-refractivity contribution is 7.89. The van der Waals surface area contributed by atoms with Crippen LogP contribution in [0.5, 0.6) is 5.75 Å². The monoisotopic (exact) mass is 435 g/mol. The molecule has 162 valence electrons. The lowest BCUT2D eigenvalue weighted by Crippen LogP contribution is -2.36. The molecule has 1 amide bonds. The van der Waals surface area contributed by atoms with E-state index in [2.05, 4.69) is 10.2 Å². The molecular formula is C21H26FN3O4S. The van der Waals surface area contributed by atoms with Crippen LogP contribution in [0.4, 0.5) is 10.1 Å². The van der Waals surface area contributed by atoms with Gasteiger partial charge in [-0.15, -0.1) is 0 Å². The Balaban J connectivity index is 1.50. The first-order valence-electron chi connectivity index (χ1n) is 9.80. The first-order valence-corrected chi connectivity index (χ1v) is 11.2. The number of halogens is 1. The maximum Gasteiger partial charge on any atom is 0.243 e. The third-order valence-corrected chi connectivity index (χ3v) is 6.94. The van der Waals surface area contributed by atoms with Crippen molar-refractivity contribution in [2.75, 3.05) is 45.2 Å². The van der Waals surface area contributed by atoms with Crippen molar-refractivity contribution in [1.29, 1.82) is 0 Å². The lowest BCUT2D eigenvalue weighted by atomic mass is 10.2. The highest BCUT2D eigenvalue weighted by Gasteiger charge is 2.27. The van der Waals surface area contributed by atoms with Gasteiger partial charge in [-0.2, -0.15) is 4.31 Å². The second-order valence-corrected chi connectivity index (χ2v) is 9.02. The molecule has 1 saturated heterocycles. The summed E-state index contributed by atoms with van der Waals surface area (Å²) in [4.78, 5) is 14.4. The summed E-state index contributed by atoms with van der Waals surface area (Å²) >= 11 is 0. The number of ether oxygens (including phenoxy) is 1. The van der Waals surface area contributed by atoms with Gasteiger partial charge in [0.2, 0.25) is 15.9 Å². The van der Waals surface area contributed by atoms with E-state index in [0.717, 1.165) is 17.9 Å². The number of nitrogens with one attached hydrogen (secondary N) is 1. The van der Waals surface area contributed by atoms with E-state index < -0.39 is 15.8 Å². The normalized spacial score (nSPS) is 16.1. The van der Waals surface area contributed by atoms with Crippen molar-refractivity contribution in [1.82, 2.24) is 9.21 Å². The highest BCUT2D eigenvalue weighted by atomic mass is 32.2. The number of sulfonamides is 1. The fourth-order valence-electron chi connectivity index (χ4n) is 3.32. The first-order chi connectivity index (χ1) is 14.4. The summed E-state index contributed by atoms with van der Waals surface area (Å²) in [5.74, 6) is 0.154. The fraction of sp³-hybridized carbons (Fsp3) is 0.381. The van der Waals surface area contributed by atoms with Crippen LogP contribution in [0.2, 0.25) is 0 Å². The Hall–Kier alpha value is -2.49. The van der Waals surface area contributed by atoms with Crippen molar-refractivity contribution in [2.45, 2.75) is 17.7 Å². The van der Waals surface area contributed by atoms with Crippen LogP contribution in [0.15, 0.2) is 53.4 Å². The topological polar surface area (TPSA) is 79.0 Å². The van der Waals surface area contributed by atoms with Gasteiger partial charge in [0.25, 0.3) is 0 Å². The molecule has 0 saturated carbocycles. The molecule has 1 heterocycles. The number of methoxy groups -OCH3 is 1. The average Bonchev–Trinajstić information content (AvgIpc) is 2.99. The number of carbonyl (C=O) groups excluding carboxylic acids is 1. The third kappa shape index (κ3) is 5.78. The maximum atomic E-state index is 13.1. The van der Waals surface area contributed by atoms with Crippen LogP contribution < -0.4 is 10.1 Å². The van der Waals surface area contributed by atoms with Crippen LogP contribution in [0, 0.1) is 5.82 Å². The van der Waals surface area contributed by atoms with Crippen LogP contribution in [0.1, 0.15) is 12.8 Å². The Morgan fingerprint density at radius 1 is 1.03 bits per heavy atom. The van der Waals surface area contributed by atoms with Gasteiger partial charge in [-0.05, 0) is 61.5 Å². The minimum Gasteiger partial charge on any atom is -0.497 e. The van der Waals surface area contributed by atoms with E-state index in [9.17, 15) is 17.6 Å². The van der Waals surface area contributed by atoms with Crippen LogP contribution in [0.3, 0.4) is 0 Å². The molecule has 0 unspecified atom stereocenters. The van der Waals surface area contributed by atoms with E-state index >= 15 is 0 Å². The van der Waals surface area contributed by atoms with Gasteiger partial charge < -0.3 is 15.0 Å². The number of anilines is 1. The molecule has 0 bridgehead atoms. The lowest BCUT2D eigenvalue weighted by molar-refractivity contribution is -0.116. The quantitative estimate of drug-likeness (QED) is 0.723. The standard InChI is InChI=1S/C21H26FN3O4S/c1-29-19-7-5-18(6-8-19)23-21(26)11-14-24-12-2-13-25(16-15-24)30(27,28)20-9-3-17(22)4-10-20/h3-10H,2,11-16H2,1H3,(H,23,26). The molecule has 0 aliphatic carbocycles. The number of benzene rings is 2. The van der Waals surface area contributed by atoms with Crippen molar-refractivity contribution in [3.63, 3.8) is 0 Å². The van der Waals surface area contributed by atoms with E-state index in [4.69, 9.17) is 4.74 Å². The molecule has 0 radical (unpaired) electrons. The predicted molar refractivity (Wildman–Crippen MR) is 112 cm³/mol. The molecule has 1 aliphatic heterocycles. The van der Waals surface area contributed by atoms with Crippen molar-refractivity contribution in [3.8, 4) is 5.75 Å². The summed E-state index contributed by atoms with van der Waals surface area (Å²) in [5.41, 5.74) is 0.702. The zero-order valence-corrected chi connectivity index (χ0v) is 17.7. The Bertz CT molecular complexity index is 949. The minimum absolute atomic E-state index is 0.0937. The van der Waals surface area contributed by atoms with Crippen LogP contribution in [-0.4, -0.2) is 63.4 Å². The number of hydrogen-bond acceptors (Lipinski definition) is 5. The van der Waals surface area contributed by atoms with Gasteiger partial charge in [-0.25, -0.2) is 12.8 Å². The smallest absolute Gasteiger partial charge is 0.243 e. The Kier molecular flexibility index (Phi) is 7.41. The van der Waals surface area contributed by atoms with Crippen LogP contribution >= 0.6 is 0 Å². The average molecular weight is 436 g/mol. The van der Waals surface area contributed by atoms with Gasteiger partial charge in [0.05, 0.1) is 12.0 Å². The molecule has 3 rings (SSSR count). The summed E-state index contributed by atoms with van der Waals surface area (Å²) < 4.78 is 45.2. The van der Waals surface area contributed by atoms with Gasteiger partial charge in [-0.3, -0.25) is 4.79 Å². The SMILES string of the molecule is COc1ccc(NC(=O)CCN2CCCN(S(=O)(=O)c3ccc(F)cc3)CC2)cc1. The fourth-order valence-corrected chi connectivity index (χ4v) is 4.79. The molecule has 1 N–H and O–H groups in total. The number of carbonyl (C=O) groups is 1. The van der Waals surface area contributed by atoms with Crippen molar-refractivity contribution >= 4 is 21.6 Å².